The number of ether oxygens (including phenoxy) is 1. The minimum atomic E-state index is 0.285. The molecule has 20 heavy (non-hydrogen) atoms. The number of rotatable bonds is 6. The van der Waals surface area contributed by atoms with E-state index < -0.39 is 0 Å². The van der Waals surface area contributed by atoms with Crippen LogP contribution in [0.1, 0.15) is 36.2 Å². The number of hydrogen-bond donors (Lipinski definition) is 1. The molecule has 0 spiro atoms. The maximum Gasteiger partial charge on any atom is 0.138 e. The van der Waals surface area contributed by atoms with E-state index in [1.165, 1.54) is 0 Å². The monoisotopic (exact) mass is 310 g/mol. The second-order valence-corrected chi connectivity index (χ2v) is 6.09. The Morgan fingerprint density at radius 3 is 2.85 bits per heavy atom. The lowest BCUT2D eigenvalue weighted by molar-refractivity contribution is 0.302. The van der Waals surface area contributed by atoms with Crippen molar-refractivity contribution in [3.05, 3.63) is 44.9 Å². The number of halogens is 1. The van der Waals surface area contributed by atoms with Crippen LogP contribution >= 0.6 is 22.9 Å². The highest BCUT2D eigenvalue weighted by Crippen LogP contribution is 2.28. The Labute approximate surface area is 129 Å². The molecule has 1 heterocycles. The van der Waals surface area contributed by atoms with E-state index in [2.05, 4.69) is 24.1 Å². The van der Waals surface area contributed by atoms with Gasteiger partial charge in [-0.2, -0.15) is 0 Å². The summed E-state index contributed by atoms with van der Waals surface area (Å²) >= 11 is 7.90. The Morgan fingerprint density at radius 2 is 2.25 bits per heavy atom. The first-order valence-electron chi connectivity index (χ1n) is 6.66. The van der Waals surface area contributed by atoms with Crippen molar-refractivity contribution in [2.24, 2.45) is 0 Å². The van der Waals surface area contributed by atoms with Gasteiger partial charge in [-0.05, 0) is 38.1 Å². The van der Waals surface area contributed by atoms with E-state index in [0.29, 0.717) is 17.4 Å². The summed E-state index contributed by atoms with van der Waals surface area (Å²) in [5.74, 6) is 0.699. The summed E-state index contributed by atoms with van der Waals surface area (Å²) < 4.78 is 5.72. The zero-order valence-electron chi connectivity index (χ0n) is 11.9. The van der Waals surface area contributed by atoms with Gasteiger partial charge in [0, 0.05) is 11.4 Å². The Kier molecular flexibility index (Phi) is 5.40. The first kappa shape index (κ1) is 15.3. The zero-order valence-corrected chi connectivity index (χ0v) is 13.5. The van der Waals surface area contributed by atoms with E-state index >= 15 is 0 Å². The average molecular weight is 311 g/mol. The largest absolute Gasteiger partial charge is 0.486 e. The van der Waals surface area contributed by atoms with E-state index in [-0.39, 0.29) is 6.04 Å². The lowest BCUT2D eigenvalue weighted by atomic mass is 10.1. The highest BCUT2D eigenvalue weighted by Gasteiger charge is 2.09. The number of benzene rings is 1. The van der Waals surface area contributed by atoms with Crippen LogP contribution in [0.3, 0.4) is 0 Å². The highest BCUT2D eigenvalue weighted by molar-refractivity contribution is 7.09. The summed E-state index contributed by atoms with van der Waals surface area (Å²) in [5, 5.41) is 7.05. The molecule has 0 fully saturated rings. The maximum atomic E-state index is 6.27. The van der Waals surface area contributed by atoms with E-state index in [1.54, 1.807) is 11.3 Å². The van der Waals surface area contributed by atoms with Gasteiger partial charge in [0.25, 0.3) is 0 Å². The smallest absolute Gasteiger partial charge is 0.138 e. The molecular formula is C15H19ClN2OS. The molecule has 1 aromatic heterocycles. The fourth-order valence-corrected chi connectivity index (χ4v) is 2.79. The molecule has 1 aromatic carbocycles. The molecule has 3 nitrogen and oxygen atoms in total. The zero-order chi connectivity index (χ0) is 14.5. The summed E-state index contributed by atoms with van der Waals surface area (Å²) in [6, 6.07) is 6.20. The van der Waals surface area contributed by atoms with Crippen molar-refractivity contribution in [3.63, 3.8) is 0 Å². The summed E-state index contributed by atoms with van der Waals surface area (Å²) in [7, 11) is 0. The van der Waals surface area contributed by atoms with Crippen LogP contribution in [-0.2, 0) is 6.61 Å². The van der Waals surface area contributed by atoms with Crippen LogP contribution in [0, 0.1) is 6.92 Å². The van der Waals surface area contributed by atoms with E-state index in [4.69, 9.17) is 16.3 Å². The van der Waals surface area contributed by atoms with Gasteiger partial charge in [0.15, 0.2) is 0 Å². The standard InChI is InChI=1S/C15H19ClN2OS/c1-4-17-10(2)12-5-6-15(14(16)7-12)19-8-13-9-20-11(3)18-13/h5-7,9-10,17H,4,8H2,1-3H3. The van der Waals surface area contributed by atoms with Gasteiger partial charge in [0.1, 0.15) is 12.4 Å². The van der Waals surface area contributed by atoms with E-state index in [9.17, 15) is 0 Å². The highest BCUT2D eigenvalue weighted by atomic mass is 35.5. The minimum absolute atomic E-state index is 0.285. The molecule has 108 valence electrons. The fraction of sp³-hybridized carbons (Fsp3) is 0.400. The molecule has 0 aliphatic rings. The topological polar surface area (TPSA) is 34.1 Å². The predicted molar refractivity (Wildman–Crippen MR) is 84.7 cm³/mol. The van der Waals surface area contributed by atoms with Crippen LogP contribution in [0.4, 0.5) is 0 Å². The Bertz CT molecular complexity index is 571. The van der Waals surface area contributed by atoms with Crippen LogP contribution in [0.15, 0.2) is 23.6 Å². The minimum Gasteiger partial charge on any atom is -0.486 e. The van der Waals surface area contributed by atoms with Crippen molar-refractivity contribution in [3.8, 4) is 5.75 Å². The third kappa shape index (κ3) is 3.95. The third-order valence-corrected chi connectivity index (χ3v) is 4.13. The normalized spacial score (nSPS) is 12.4. The van der Waals surface area contributed by atoms with Crippen LogP contribution in [0.25, 0.3) is 0 Å². The molecular weight excluding hydrogens is 292 g/mol. The van der Waals surface area contributed by atoms with Crippen molar-refractivity contribution < 1.29 is 4.74 Å². The first-order chi connectivity index (χ1) is 9.60. The van der Waals surface area contributed by atoms with Crippen LogP contribution in [0.5, 0.6) is 5.75 Å². The Balaban J connectivity index is 2.02. The molecule has 0 saturated heterocycles. The first-order valence-corrected chi connectivity index (χ1v) is 7.92. The van der Waals surface area contributed by atoms with Crippen molar-refractivity contribution in [1.29, 1.82) is 0 Å². The molecule has 2 rings (SSSR count). The summed E-state index contributed by atoms with van der Waals surface area (Å²) in [6.45, 7) is 7.57. The average Bonchev–Trinajstić information content (AvgIpc) is 2.83. The van der Waals surface area contributed by atoms with Gasteiger partial charge in [0.05, 0.1) is 15.7 Å². The molecule has 0 amide bonds. The predicted octanol–water partition coefficient (Wildman–Crippen LogP) is 4.35. The molecule has 5 heteroatoms. The van der Waals surface area contributed by atoms with E-state index in [1.807, 2.05) is 30.5 Å². The number of aromatic nitrogens is 1. The SMILES string of the molecule is CCNC(C)c1ccc(OCc2csc(C)n2)c(Cl)c1. The van der Waals surface area contributed by atoms with Crippen molar-refractivity contribution in [1.82, 2.24) is 10.3 Å². The van der Waals surface area contributed by atoms with Crippen molar-refractivity contribution in [2.75, 3.05) is 6.54 Å². The fourth-order valence-electron chi connectivity index (χ4n) is 1.95. The number of hydrogen-bond acceptors (Lipinski definition) is 4. The van der Waals surface area contributed by atoms with Gasteiger partial charge in [-0.15, -0.1) is 11.3 Å². The number of nitrogens with zero attached hydrogens (tertiary/aromatic N) is 1. The summed E-state index contributed by atoms with van der Waals surface area (Å²) in [4.78, 5) is 4.37. The summed E-state index contributed by atoms with van der Waals surface area (Å²) in [6.07, 6.45) is 0. The number of aryl methyl sites for hydroxylation is 1. The van der Waals surface area contributed by atoms with Gasteiger partial charge in [-0.1, -0.05) is 24.6 Å². The van der Waals surface area contributed by atoms with Crippen molar-refractivity contribution >= 4 is 22.9 Å². The molecule has 1 atom stereocenters. The summed E-state index contributed by atoms with van der Waals surface area (Å²) in [5.41, 5.74) is 2.10. The Hall–Kier alpha value is -1.10. The van der Waals surface area contributed by atoms with Gasteiger partial charge >= 0.3 is 0 Å². The molecule has 1 N–H and O–H groups in total. The van der Waals surface area contributed by atoms with Gasteiger partial charge in [0.2, 0.25) is 0 Å². The molecule has 0 bridgehead atoms. The molecule has 2 aromatic rings. The van der Waals surface area contributed by atoms with Crippen LogP contribution < -0.4 is 10.1 Å². The third-order valence-electron chi connectivity index (χ3n) is 3.01. The molecule has 0 saturated carbocycles. The second-order valence-electron chi connectivity index (χ2n) is 4.62. The lowest BCUT2D eigenvalue weighted by Gasteiger charge is -2.14. The quantitative estimate of drug-likeness (QED) is 0.861. The molecule has 0 aliphatic heterocycles. The molecule has 0 radical (unpaired) electrons. The van der Waals surface area contributed by atoms with Crippen LogP contribution in [0.2, 0.25) is 5.02 Å². The second kappa shape index (κ2) is 7.07. The number of thiazole rings is 1. The van der Waals surface area contributed by atoms with Crippen LogP contribution in [-0.4, -0.2) is 11.5 Å². The number of nitrogens with one attached hydrogen (secondary N) is 1. The maximum absolute atomic E-state index is 6.27. The Morgan fingerprint density at radius 1 is 1.45 bits per heavy atom. The van der Waals surface area contributed by atoms with Crippen molar-refractivity contribution in [2.45, 2.75) is 33.4 Å². The van der Waals surface area contributed by atoms with Gasteiger partial charge < -0.3 is 10.1 Å². The molecule has 0 aliphatic carbocycles. The lowest BCUT2D eigenvalue weighted by Crippen LogP contribution is -2.17. The van der Waals surface area contributed by atoms with Gasteiger partial charge in [-0.3, -0.25) is 0 Å². The molecule has 1 unspecified atom stereocenters. The van der Waals surface area contributed by atoms with E-state index in [0.717, 1.165) is 22.8 Å². The van der Waals surface area contributed by atoms with Gasteiger partial charge in [-0.25, -0.2) is 4.98 Å².